The van der Waals surface area contributed by atoms with E-state index >= 15 is 0 Å². The second-order valence-corrected chi connectivity index (χ2v) is 5.60. The summed E-state index contributed by atoms with van der Waals surface area (Å²) < 4.78 is 0. The van der Waals surface area contributed by atoms with Crippen LogP contribution in [0.3, 0.4) is 0 Å². The Hall–Kier alpha value is -2.40. The first-order valence-electron chi connectivity index (χ1n) is 6.83. The van der Waals surface area contributed by atoms with E-state index in [1.807, 2.05) is 48.5 Å². The van der Waals surface area contributed by atoms with Gasteiger partial charge in [0.15, 0.2) is 0 Å². The normalized spacial score (nSPS) is 10.3. The van der Waals surface area contributed by atoms with E-state index in [4.69, 9.17) is 0 Å². The van der Waals surface area contributed by atoms with Crippen molar-refractivity contribution in [3.8, 4) is 0 Å². The van der Waals surface area contributed by atoms with Gasteiger partial charge in [0.05, 0.1) is 0 Å². The summed E-state index contributed by atoms with van der Waals surface area (Å²) in [5.74, 6) is 0. The Morgan fingerprint density at radius 3 is 2.19 bits per heavy atom. The first-order valence-corrected chi connectivity index (χ1v) is 7.65. The maximum Gasteiger partial charge on any atom is 0.210 e. The molecule has 0 atom stereocenters. The van der Waals surface area contributed by atoms with Gasteiger partial charge in [-0.2, -0.15) is 0 Å². The van der Waals surface area contributed by atoms with Crippen LogP contribution in [-0.4, -0.2) is 16.7 Å². The van der Waals surface area contributed by atoms with Crippen LogP contribution in [0.5, 0.6) is 0 Å². The number of hydrogen-bond donors (Lipinski definition) is 2. The van der Waals surface area contributed by atoms with E-state index in [1.54, 1.807) is 11.3 Å². The van der Waals surface area contributed by atoms with E-state index in [9.17, 15) is 0 Å². The molecule has 5 heteroatoms. The van der Waals surface area contributed by atoms with E-state index in [-0.39, 0.29) is 0 Å². The number of hydrogen-bond acceptors (Lipinski definition) is 5. The SMILES string of the molecule is c1ccc(NCCc2nnc(Nc3ccccc3)s2)cc1. The van der Waals surface area contributed by atoms with Gasteiger partial charge in [0.2, 0.25) is 5.13 Å². The van der Waals surface area contributed by atoms with Crippen LogP contribution in [0.1, 0.15) is 5.01 Å². The monoisotopic (exact) mass is 296 g/mol. The largest absolute Gasteiger partial charge is 0.385 e. The molecule has 0 spiro atoms. The van der Waals surface area contributed by atoms with Gasteiger partial charge in [-0.25, -0.2) is 0 Å². The van der Waals surface area contributed by atoms with Crippen LogP contribution < -0.4 is 10.6 Å². The molecule has 0 radical (unpaired) electrons. The minimum absolute atomic E-state index is 0.830. The molecule has 0 bridgehead atoms. The lowest BCUT2D eigenvalue weighted by molar-refractivity contribution is 0.942. The van der Waals surface area contributed by atoms with Crippen molar-refractivity contribution in [3.05, 3.63) is 65.7 Å². The number of aromatic nitrogens is 2. The van der Waals surface area contributed by atoms with Crippen molar-refractivity contribution in [2.45, 2.75) is 6.42 Å². The Bertz CT molecular complexity index is 667. The Labute approximate surface area is 127 Å². The van der Waals surface area contributed by atoms with E-state index in [0.717, 1.165) is 34.5 Å². The first-order chi connectivity index (χ1) is 10.4. The third-order valence-electron chi connectivity index (χ3n) is 2.93. The molecular formula is C16H16N4S. The summed E-state index contributed by atoms with van der Waals surface area (Å²) in [6.45, 7) is 0.851. The quantitative estimate of drug-likeness (QED) is 0.723. The number of nitrogens with one attached hydrogen (secondary N) is 2. The van der Waals surface area contributed by atoms with Crippen molar-refractivity contribution in [3.63, 3.8) is 0 Å². The van der Waals surface area contributed by atoms with E-state index in [1.165, 1.54) is 0 Å². The van der Waals surface area contributed by atoms with Crippen LogP contribution in [-0.2, 0) is 6.42 Å². The molecule has 0 fully saturated rings. The lowest BCUT2D eigenvalue weighted by Gasteiger charge is -2.03. The first kappa shape index (κ1) is 13.6. The van der Waals surface area contributed by atoms with Gasteiger partial charge < -0.3 is 10.6 Å². The van der Waals surface area contributed by atoms with E-state index < -0.39 is 0 Å². The maximum atomic E-state index is 4.21. The van der Waals surface area contributed by atoms with E-state index in [0.29, 0.717) is 0 Å². The lowest BCUT2D eigenvalue weighted by Crippen LogP contribution is -2.04. The third kappa shape index (κ3) is 4.03. The van der Waals surface area contributed by atoms with Gasteiger partial charge in [0.1, 0.15) is 5.01 Å². The Balaban J connectivity index is 1.51. The smallest absolute Gasteiger partial charge is 0.210 e. The van der Waals surface area contributed by atoms with Crippen LogP contribution in [0.4, 0.5) is 16.5 Å². The second-order valence-electron chi connectivity index (χ2n) is 4.53. The van der Waals surface area contributed by atoms with Crippen LogP contribution in [0.2, 0.25) is 0 Å². The van der Waals surface area contributed by atoms with Gasteiger partial charge in [-0.3, -0.25) is 0 Å². The Morgan fingerprint density at radius 2 is 1.48 bits per heavy atom. The zero-order chi connectivity index (χ0) is 14.3. The number of rotatable bonds is 6. The Morgan fingerprint density at radius 1 is 0.810 bits per heavy atom. The van der Waals surface area contributed by atoms with Crippen molar-refractivity contribution < 1.29 is 0 Å². The standard InChI is InChI=1S/C16H16N4S/c1-3-7-13(8-4-1)17-12-11-15-19-20-16(21-15)18-14-9-5-2-6-10-14/h1-10,17H,11-12H2,(H,18,20). The number of para-hydroxylation sites is 2. The highest BCUT2D eigenvalue weighted by Gasteiger charge is 2.04. The summed E-state index contributed by atoms with van der Waals surface area (Å²) in [5, 5.41) is 16.9. The molecule has 4 nitrogen and oxygen atoms in total. The van der Waals surface area contributed by atoms with Crippen molar-refractivity contribution in [1.82, 2.24) is 10.2 Å². The average Bonchev–Trinajstić information content (AvgIpc) is 2.97. The zero-order valence-electron chi connectivity index (χ0n) is 11.5. The molecule has 2 N–H and O–H groups in total. The summed E-state index contributed by atoms with van der Waals surface area (Å²) in [6, 6.07) is 20.2. The molecule has 0 aliphatic carbocycles. The third-order valence-corrected chi connectivity index (χ3v) is 3.83. The summed E-state index contributed by atoms with van der Waals surface area (Å²) in [5.41, 5.74) is 2.16. The molecule has 21 heavy (non-hydrogen) atoms. The van der Waals surface area contributed by atoms with Crippen LogP contribution in [0.25, 0.3) is 0 Å². The van der Waals surface area contributed by atoms with Crippen molar-refractivity contribution in [1.29, 1.82) is 0 Å². The minimum atomic E-state index is 0.830. The van der Waals surface area contributed by atoms with Gasteiger partial charge in [-0.1, -0.05) is 47.7 Å². The van der Waals surface area contributed by atoms with Crippen LogP contribution >= 0.6 is 11.3 Å². The van der Waals surface area contributed by atoms with Crippen LogP contribution in [0, 0.1) is 0 Å². The van der Waals surface area contributed by atoms with Gasteiger partial charge in [0.25, 0.3) is 0 Å². The van der Waals surface area contributed by atoms with Crippen LogP contribution in [0.15, 0.2) is 60.7 Å². The lowest BCUT2D eigenvalue weighted by atomic mass is 10.3. The molecule has 106 valence electrons. The highest BCUT2D eigenvalue weighted by molar-refractivity contribution is 7.15. The topological polar surface area (TPSA) is 49.8 Å². The number of nitrogens with zero attached hydrogens (tertiary/aromatic N) is 2. The molecule has 0 aliphatic heterocycles. The molecule has 0 amide bonds. The predicted molar refractivity (Wildman–Crippen MR) is 88.3 cm³/mol. The fourth-order valence-corrected chi connectivity index (χ4v) is 2.68. The molecule has 2 aromatic carbocycles. The van der Waals surface area contributed by atoms with Gasteiger partial charge in [-0.15, -0.1) is 10.2 Å². The Kier molecular flexibility index (Phi) is 4.43. The molecule has 1 heterocycles. The highest BCUT2D eigenvalue weighted by Crippen LogP contribution is 2.20. The van der Waals surface area contributed by atoms with Gasteiger partial charge in [0, 0.05) is 24.3 Å². The van der Waals surface area contributed by atoms with Gasteiger partial charge in [-0.05, 0) is 24.3 Å². The minimum Gasteiger partial charge on any atom is -0.385 e. The number of benzene rings is 2. The zero-order valence-corrected chi connectivity index (χ0v) is 12.3. The fraction of sp³-hybridized carbons (Fsp3) is 0.125. The average molecular weight is 296 g/mol. The summed E-state index contributed by atoms with van der Waals surface area (Å²) in [7, 11) is 0. The molecule has 0 saturated heterocycles. The molecule has 0 unspecified atom stereocenters. The fourth-order valence-electron chi connectivity index (χ4n) is 1.92. The summed E-state index contributed by atoms with van der Waals surface area (Å²) >= 11 is 1.59. The second kappa shape index (κ2) is 6.85. The predicted octanol–water partition coefficient (Wildman–Crippen LogP) is 3.94. The summed E-state index contributed by atoms with van der Waals surface area (Å²) in [4.78, 5) is 0. The highest BCUT2D eigenvalue weighted by atomic mass is 32.1. The molecule has 0 saturated carbocycles. The van der Waals surface area contributed by atoms with Crippen molar-refractivity contribution in [2.75, 3.05) is 17.2 Å². The molecule has 3 rings (SSSR count). The van der Waals surface area contributed by atoms with E-state index in [2.05, 4.69) is 33.0 Å². The van der Waals surface area contributed by atoms with Crippen molar-refractivity contribution >= 4 is 27.8 Å². The molecule has 1 aromatic heterocycles. The molecular weight excluding hydrogens is 280 g/mol. The van der Waals surface area contributed by atoms with Gasteiger partial charge >= 0.3 is 0 Å². The number of anilines is 3. The summed E-state index contributed by atoms with van der Waals surface area (Å²) in [6.07, 6.45) is 0.864. The molecule has 3 aromatic rings. The van der Waals surface area contributed by atoms with Crippen molar-refractivity contribution in [2.24, 2.45) is 0 Å². The maximum absolute atomic E-state index is 4.21. The molecule has 0 aliphatic rings.